The molecule has 1 rings (SSSR count). The van der Waals surface area contributed by atoms with Crippen molar-refractivity contribution in [3.63, 3.8) is 0 Å². The maximum Gasteiger partial charge on any atom is 0.133 e. The molecule has 0 unspecified atom stereocenters. The number of rotatable bonds is 4. The van der Waals surface area contributed by atoms with E-state index in [-0.39, 0.29) is 11.7 Å². The largest absolute Gasteiger partial charge is 0.496 e. The Morgan fingerprint density at radius 2 is 2.00 bits per heavy atom. The third-order valence-electron chi connectivity index (χ3n) is 2.08. The van der Waals surface area contributed by atoms with E-state index < -0.39 is 11.6 Å². The summed E-state index contributed by atoms with van der Waals surface area (Å²) in [6.07, 6.45) is 1.69. The number of benzene rings is 1. The Morgan fingerprint density at radius 3 is 2.53 bits per heavy atom. The van der Waals surface area contributed by atoms with Gasteiger partial charge in [0.1, 0.15) is 11.6 Å². The Kier molecular flexibility index (Phi) is 4.44. The average Bonchev–Trinajstić information content (AvgIpc) is 2.15. The molecule has 0 bridgehead atoms. The molecule has 0 saturated carbocycles. The molecule has 0 fully saturated rings. The van der Waals surface area contributed by atoms with Gasteiger partial charge in [-0.3, -0.25) is 0 Å². The summed E-state index contributed by atoms with van der Waals surface area (Å²) in [6, 6.07) is 3.41. The summed E-state index contributed by atoms with van der Waals surface area (Å²) in [5.74, 6) is -0.574. The molecular formula is C14H16F2O. The zero-order valence-corrected chi connectivity index (χ0v) is 10.3. The second-order valence-electron chi connectivity index (χ2n) is 4.07. The van der Waals surface area contributed by atoms with Crippen molar-refractivity contribution in [2.45, 2.75) is 26.9 Å². The molecule has 1 nitrogen and oxygen atoms in total. The number of allylic oxidation sites excluding steroid dienone is 3. The van der Waals surface area contributed by atoms with Crippen molar-refractivity contribution in [1.29, 1.82) is 0 Å². The van der Waals surface area contributed by atoms with E-state index in [0.717, 1.165) is 6.07 Å². The lowest BCUT2D eigenvalue weighted by atomic mass is 10.1. The van der Waals surface area contributed by atoms with Crippen molar-refractivity contribution in [1.82, 2.24) is 0 Å². The van der Waals surface area contributed by atoms with Crippen molar-refractivity contribution in [3.8, 4) is 0 Å². The lowest BCUT2D eigenvalue weighted by Crippen LogP contribution is -2.00. The lowest BCUT2D eigenvalue weighted by Gasteiger charge is -2.10. The predicted octanol–water partition coefficient (Wildman–Crippen LogP) is 4.31. The molecule has 1 aromatic rings. The summed E-state index contributed by atoms with van der Waals surface area (Å²) in [5.41, 5.74) is 0.735. The van der Waals surface area contributed by atoms with Gasteiger partial charge in [0.2, 0.25) is 0 Å². The molecule has 3 heteroatoms. The van der Waals surface area contributed by atoms with Crippen LogP contribution in [0.15, 0.2) is 36.6 Å². The van der Waals surface area contributed by atoms with Crippen LogP contribution in [0.5, 0.6) is 0 Å². The highest BCUT2D eigenvalue weighted by Crippen LogP contribution is 2.20. The van der Waals surface area contributed by atoms with E-state index in [1.54, 1.807) is 13.0 Å². The van der Waals surface area contributed by atoms with Gasteiger partial charge in [0.25, 0.3) is 0 Å². The van der Waals surface area contributed by atoms with Crippen molar-refractivity contribution in [2.24, 2.45) is 0 Å². The number of halogens is 2. The SMILES string of the molecule is C=C(/C=C(\C)OC(C)C)c1ccc(F)cc1F. The molecule has 0 N–H and O–H groups in total. The molecule has 17 heavy (non-hydrogen) atoms. The summed E-state index contributed by atoms with van der Waals surface area (Å²) in [4.78, 5) is 0. The highest BCUT2D eigenvalue weighted by atomic mass is 19.1. The van der Waals surface area contributed by atoms with E-state index in [1.165, 1.54) is 12.1 Å². The zero-order chi connectivity index (χ0) is 13.0. The van der Waals surface area contributed by atoms with Crippen molar-refractivity contribution >= 4 is 5.57 Å². The first-order chi connectivity index (χ1) is 7.90. The fourth-order valence-corrected chi connectivity index (χ4v) is 1.48. The summed E-state index contributed by atoms with van der Waals surface area (Å²) in [6.45, 7) is 9.32. The molecule has 0 aliphatic rings. The van der Waals surface area contributed by atoms with Gasteiger partial charge < -0.3 is 4.74 Å². The van der Waals surface area contributed by atoms with Crippen LogP contribution in [0.25, 0.3) is 5.57 Å². The quantitative estimate of drug-likeness (QED) is 0.561. The number of ether oxygens (including phenoxy) is 1. The van der Waals surface area contributed by atoms with Gasteiger partial charge in [-0.15, -0.1) is 0 Å². The highest BCUT2D eigenvalue weighted by molar-refractivity contribution is 5.72. The van der Waals surface area contributed by atoms with E-state index in [0.29, 0.717) is 11.3 Å². The Balaban J connectivity index is 2.90. The van der Waals surface area contributed by atoms with Crippen molar-refractivity contribution in [3.05, 3.63) is 53.8 Å². The van der Waals surface area contributed by atoms with E-state index in [2.05, 4.69) is 6.58 Å². The smallest absolute Gasteiger partial charge is 0.133 e. The molecule has 0 atom stereocenters. The Morgan fingerprint density at radius 1 is 1.35 bits per heavy atom. The van der Waals surface area contributed by atoms with Gasteiger partial charge in [0.15, 0.2) is 0 Å². The first-order valence-electron chi connectivity index (χ1n) is 5.39. The molecule has 0 amide bonds. The zero-order valence-electron chi connectivity index (χ0n) is 10.3. The van der Waals surface area contributed by atoms with Crippen LogP contribution in [0.3, 0.4) is 0 Å². The molecule has 0 radical (unpaired) electrons. The first kappa shape index (κ1) is 13.4. The topological polar surface area (TPSA) is 9.23 Å². The first-order valence-corrected chi connectivity index (χ1v) is 5.39. The highest BCUT2D eigenvalue weighted by Gasteiger charge is 2.06. The molecule has 0 spiro atoms. The fraction of sp³-hybridized carbons (Fsp3) is 0.286. The van der Waals surface area contributed by atoms with Gasteiger partial charge in [-0.05, 0) is 44.6 Å². The van der Waals surface area contributed by atoms with Crippen LogP contribution in [-0.2, 0) is 4.74 Å². The minimum Gasteiger partial charge on any atom is -0.496 e. The normalized spacial score (nSPS) is 11.8. The van der Waals surface area contributed by atoms with Crippen LogP contribution in [0.2, 0.25) is 0 Å². The molecule has 0 aliphatic carbocycles. The second-order valence-corrected chi connectivity index (χ2v) is 4.07. The predicted molar refractivity (Wildman–Crippen MR) is 65.4 cm³/mol. The Labute approximate surface area is 100 Å². The van der Waals surface area contributed by atoms with Gasteiger partial charge in [0.05, 0.1) is 11.9 Å². The van der Waals surface area contributed by atoms with E-state index in [9.17, 15) is 8.78 Å². The van der Waals surface area contributed by atoms with Crippen LogP contribution >= 0.6 is 0 Å². The maximum atomic E-state index is 13.4. The molecule has 0 saturated heterocycles. The summed E-state index contributed by atoms with van der Waals surface area (Å²) in [5, 5.41) is 0. The van der Waals surface area contributed by atoms with Gasteiger partial charge in [0, 0.05) is 11.6 Å². The van der Waals surface area contributed by atoms with E-state index in [4.69, 9.17) is 4.74 Å². The fourth-order valence-electron chi connectivity index (χ4n) is 1.48. The molecule has 0 heterocycles. The van der Waals surface area contributed by atoms with Crippen LogP contribution in [0, 0.1) is 11.6 Å². The molecule has 0 aromatic heterocycles. The summed E-state index contributed by atoms with van der Waals surface area (Å²) in [7, 11) is 0. The van der Waals surface area contributed by atoms with Gasteiger partial charge >= 0.3 is 0 Å². The lowest BCUT2D eigenvalue weighted by molar-refractivity contribution is 0.149. The van der Waals surface area contributed by atoms with E-state index in [1.807, 2.05) is 13.8 Å². The Hall–Kier alpha value is -1.64. The molecule has 1 aromatic carbocycles. The van der Waals surface area contributed by atoms with Crippen LogP contribution in [0.1, 0.15) is 26.3 Å². The summed E-state index contributed by atoms with van der Waals surface area (Å²) < 4.78 is 31.6. The monoisotopic (exact) mass is 238 g/mol. The molecule has 0 aliphatic heterocycles. The minimum atomic E-state index is -0.622. The standard InChI is InChI=1S/C14H16F2O/c1-9(2)17-11(4)7-10(3)13-6-5-12(15)8-14(13)16/h5-9H,3H2,1-2,4H3/b11-7+. The molecule has 92 valence electrons. The number of hydrogen-bond acceptors (Lipinski definition) is 1. The summed E-state index contributed by atoms with van der Waals surface area (Å²) >= 11 is 0. The van der Waals surface area contributed by atoms with Crippen molar-refractivity contribution < 1.29 is 13.5 Å². The third-order valence-corrected chi connectivity index (χ3v) is 2.08. The average molecular weight is 238 g/mol. The number of hydrogen-bond donors (Lipinski definition) is 0. The minimum absolute atomic E-state index is 0.0529. The van der Waals surface area contributed by atoms with Gasteiger partial charge in [-0.1, -0.05) is 6.58 Å². The third kappa shape index (κ3) is 4.02. The second kappa shape index (κ2) is 5.62. The Bertz CT molecular complexity index is 448. The maximum absolute atomic E-state index is 13.4. The van der Waals surface area contributed by atoms with E-state index >= 15 is 0 Å². The van der Waals surface area contributed by atoms with Crippen LogP contribution in [-0.4, -0.2) is 6.10 Å². The van der Waals surface area contributed by atoms with Crippen LogP contribution in [0.4, 0.5) is 8.78 Å². The molecular weight excluding hydrogens is 222 g/mol. The van der Waals surface area contributed by atoms with Gasteiger partial charge in [-0.2, -0.15) is 0 Å². The van der Waals surface area contributed by atoms with Crippen LogP contribution < -0.4 is 0 Å². The van der Waals surface area contributed by atoms with Crippen molar-refractivity contribution in [2.75, 3.05) is 0 Å². The van der Waals surface area contributed by atoms with Gasteiger partial charge in [-0.25, -0.2) is 8.78 Å².